The van der Waals surface area contributed by atoms with Crippen molar-refractivity contribution < 1.29 is 44.0 Å². The number of carbonyl (C=O) groups excluding carboxylic acids is 3. The lowest BCUT2D eigenvalue weighted by Crippen LogP contribution is -2.58. The maximum Gasteiger partial charge on any atom is 0.315 e. The highest BCUT2D eigenvalue weighted by Gasteiger charge is 2.44. The second kappa shape index (κ2) is 13.9. The summed E-state index contributed by atoms with van der Waals surface area (Å²) >= 11 is 1.85. The third kappa shape index (κ3) is 7.91. The van der Waals surface area contributed by atoms with Crippen molar-refractivity contribution in [1.29, 1.82) is 0 Å². The number of rotatable bonds is 13. The molecule has 36 heavy (non-hydrogen) atoms. The van der Waals surface area contributed by atoms with Crippen LogP contribution in [-0.4, -0.2) is 120 Å². The maximum atomic E-state index is 12.0. The lowest BCUT2D eigenvalue weighted by atomic mass is 10.00. The molecule has 8 atom stereocenters. The molecule has 14 nitrogen and oxygen atoms in total. The number of oxime groups is 1. The number of ether oxygens (including phenoxy) is 2. The SMILES string of the molecule is CO[C@@H]1OC(/C=N\OCC(=O)NCCNC(=O)CCCC[C@@H]2SC[C@@H]3NC(=O)N[C@@H]32)[C@H](O)[C@H](O)C1O. The van der Waals surface area contributed by atoms with E-state index in [1.807, 2.05) is 11.8 Å². The summed E-state index contributed by atoms with van der Waals surface area (Å²) in [7, 11) is 1.27. The minimum atomic E-state index is -1.49. The second-order valence-corrected chi connectivity index (χ2v) is 10.0. The average Bonchev–Trinajstić information content (AvgIpc) is 3.41. The van der Waals surface area contributed by atoms with Crippen LogP contribution in [0.4, 0.5) is 4.79 Å². The molecule has 4 amide bonds. The fraction of sp³-hybridized carbons (Fsp3) is 0.810. The number of hydrogen-bond acceptors (Lipinski definition) is 11. The molecule has 3 aliphatic heterocycles. The molecule has 3 fully saturated rings. The van der Waals surface area contributed by atoms with E-state index in [4.69, 9.17) is 14.3 Å². The van der Waals surface area contributed by atoms with Gasteiger partial charge in [0.05, 0.1) is 18.3 Å². The molecule has 3 rings (SSSR count). The highest BCUT2D eigenvalue weighted by atomic mass is 32.2. The van der Waals surface area contributed by atoms with Crippen molar-refractivity contribution in [2.24, 2.45) is 5.16 Å². The van der Waals surface area contributed by atoms with Crippen LogP contribution in [0.25, 0.3) is 0 Å². The number of unbranched alkanes of at least 4 members (excludes halogenated alkanes) is 1. The standard InChI is InChI=1S/C21H35N5O9S/c1-33-20-19(31)18(30)17(29)12(35-20)8-24-34-9-15(28)23-7-6-22-14(27)5-3-2-4-13-16-11(10-36-13)25-21(32)26-16/h8,11-13,16-20,29-31H,2-7,9-10H2,1H3,(H,22,27)(H,23,28)(H2,25,26,32)/b24-8-/t11-,12?,13-,16-,17-,18-,19?,20+/m0/s1. The van der Waals surface area contributed by atoms with Gasteiger partial charge in [-0.15, -0.1) is 0 Å². The van der Waals surface area contributed by atoms with Crippen molar-refractivity contribution in [3.63, 3.8) is 0 Å². The van der Waals surface area contributed by atoms with Crippen LogP contribution in [0.15, 0.2) is 5.16 Å². The van der Waals surface area contributed by atoms with Crippen molar-refractivity contribution in [1.82, 2.24) is 21.3 Å². The van der Waals surface area contributed by atoms with Crippen molar-refractivity contribution >= 4 is 35.8 Å². The Labute approximate surface area is 212 Å². The molecular weight excluding hydrogens is 498 g/mol. The number of fused-ring (bicyclic) bond motifs is 1. The Kier molecular flexibility index (Phi) is 11.0. The normalized spacial score (nSPS) is 33.6. The zero-order valence-corrected chi connectivity index (χ0v) is 20.8. The fourth-order valence-corrected chi connectivity index (χ4v) is 5.75. The highest BCUT2D eigenvalue weighted by molar-refractivity contribution is 8.00. The second-order valence-electron chi connectivity index (χ2n) is 8.77. The van der Waals surface area contributed by atoms with E-state index >= 15 is 0 Å². The zero-order valence-electron chi connectivity index (χ0n) is 20.0. The molecule has 0 aliphatic carbocycles. The number of aliphatic hydroxyl groups is 3. The molecule has 3 saturated heterocycles. The van der Waals surface area contributed by atoms with E-state index in [0.717, 1.165) is 31.2 Å². The van der Waals surface area contributed by atoms with Gasteiger partial charge in [0.25, 0.3) is 5.91 Å². The predicted octanol–water partition coefficient (Wildman–Crippen LogP) is -2.60. The van der Waals surface area contributed by atoms with Gasteiger partial charge in [0, 0.05) is 37.6 Å². The molecule has 3 aliphatic rings. The van der Waals surface area contributed by atoms with Crippen LogP contribution >= 0.6 is 11.8 Å². The topological polar surface area (TPSA) is 200 Å². The number of hydrogen-bond donors (Lipinski definition) is 7. The lowest BCUT2D eigenvalue weighted by Gasteiger charge is -2.38. The number of carbonyl (C=O) groups is 3. The van der Waals surface area contributed by atoms with Gasteiger partial charge in [-0.3, -0.25) is 9.59 Å². The first-order chi connectivity index (χ1) is 17.3. The molecule has 3 heterocycles. The zero-order chi connectivity index (χ0) is 26.1. The van der Waals surface area contributed by atoms with Crippen LogP contribution in [0.1, 0.15) is 25.7 Å². The van der Waals surface area contributed by atoms with Crippen LogP contribution in [-0.2, 0) is 23.9 Å². The minimum absolute atomic E-state index is 0.0920. The summed E-state index contributed by atoms with van der Waals surface area (Å²) in [6, 6.07) is 0.277. The van der Waals surface area contributed by atoms with E-state index in [2.05, 4.69) is 26.4 Å². The first-order valence-corrected chi connectivity index (χ1v) is 12.9. The molecule has 204 valence electrons. The van der Waals surface area contributed by atoms with E-state index in [-0.39, 0.29) is 37.1 Å². The number of aliphatic hydroxyl groups excluding tert-OH is 3. The molecular formula is C21H35N5O9S. The quantitative estimate of drug-likeness (QED) is 0.0570. The monoisotopic (exact) mass is 533 g/mol. The molecule has 0 radical (unpaired) electrons. The molecule has 0 spiro atoms. The van der Waals surface area contributed by atoms with Gasteiger partial charge in [-0.25, -0.2) is 4.79 Å². The first kappa shape index (κ1) is 28.4. The Bertz CT molecular complexity index is 789. The van der Waals surface area contributed by atoms with Gasteiger partial charge >= 0.3 is 6.03 Å². The molecule has 2 unspecified atom stereocenters. The molecule has 0 aromatic heterocycles. The summed E-state index contributed by atoms with van der Waals surface area (Å²) in [6.45, 7) is 0.0911. The largest absolute Gasteiger partial charge is 0.387 e. The first-order valence-electron chi connectivity index (χ1n) is 11.9. The smallest absolute Gasteiger partial charge is 0.315 e. The summed E-state index contributed by atoms with van der Waals surface area (Å²) < 4.78 is 10.1. The van der Waals surface area contributed by atoms with E-state index in [9.17, 15) is 29.7 Å². The number of nitrogens with zero attached hydrogens (tertiary/aromatic N) is 1. The Hall–Kier alpha value is -2.17. The molecule has 0 aromatic rings. The summed E-state index contributed by atoms with van der Waals surface area (Å²) in [5.41, 5.74) is 0. The Balaban J connectivity index is 1.19. The van der Waals surface area contributed by atoms with Crippen molar-refractivity contribution in [3.05, 3.63) is 0 Å². The van der Waals surface area contributed by atoms with Crippen molar-refractivity contribution in [2.45, 2.75) is 73.7 Å². The molecule has 0 bridgehead atoms. The van der Waals surface area contributed by atoms with Gasteiger partial charge in [-0.1, -0.05) is 11.6 Å². The van der Waals surface area contributed by atoms with Crippen LogP contribution in [0.5, 0.6) is 0 Å². The van der Waals surface area contributed by atoms with E-state index < -0.39 is 43.2 Å². The van der Waals surface area contributed by atoms with Crippen LogP contribution in [0, 0.1) is 0 Å². The lowest BCUT2D eigenvalue weighted by molar-refractivity contribution is -0.274. The predicted molar refractivity (Wildman–Crippen MR) is 128 cm³/mol. The highest BCUT2D eigenvalue weighted by Crippen LogP contribution is 2.33. The Morgan fingerprint density at radius 3 is 2.64 bits per heavy atom. The van der Waals surface area contributed by atoms with Crippen LogP contribution in [0.3, 0.4) is 0 Å². The average molecular weight is 534 g/mol. The van der Waals surface area contributed by atoms with Gasteiger partial charge in [0.15, 0.2) is 12.9 Å². The summed E-state index contributed by atoms with van der Waals surface area (Å²) in [6.07, 6.45) is -2.55. The number of nitrogens with one attached hydrogen (secondary N) is 4. The third-order valence-electron chi connectivity index (χ3n) is 6.17. The summed E-state index contributed by atoms with van der Waals surface area (Å²) in [5.74, 6) is 0.364. The van der Waals surface area contributed by atoms with E-state index in [1.54, 1.807) is 0 Å². The Morgan fingerprint density at radius 2 is 1.89 bits per heavy atom. The summed E-state index contributed by atoms with van der Waals surface area (Å²) in [5, 5.41) is 44.5. The number of methoxy groups -OCH3 is 1. The Morgan fingerprint density at radius 1 is 1.14 bits per heavy atom. The van der Waals surface area contributed by atoms with E-state index in [1.165, 1.54) is 7.11 Å². The van der Waals surface area contributed by atoms with Crippen molar-refractivity contribution in [3.8, 4) is 0 Å². The minimum Gasteiger partial charge on any atom is -0.387 e. The molecule has 7 N–H and O–H groups in total. The van der Waals surface area contributed by atoms with Gasteiger partial charge < -0.3 is 50.9 Å². The number of urea groups is 1. The molecule has 15 heteroatoms. The van der Waals surface area contributed by atoms with Gasteiger partial charge in [0.2, 0.25) is 5.91 Å². The number of amides is 4. The van der Waals surface area contributed by atoms with Crippen LogP contribution in [0.2, 0.25) is 0 Å². The number of thioether (sulfide) groups is 1. The third-order valence-corrected chi connectivity index (χ3v) is 7.68. The van der Waals surface area contributed by atoms with Gasteiger partial charge in [0.1, 0.15) is 24.4 Å². The van der Waals surface area contributed by atoms with Gasteiger partial charge in [-0.05, 0) is 12.8 Å². The fourth-order valence-electron chi connectivity index (χ4n) is 4.21. The van der Waals surface area contributed by atoms with Crippen LogP contribution < -0.4 is 21.3 Å². The molecule has 0 saturated carbocycles. The molecule has 0 aromatic carbocycles. The summed E-state index contributed by atoms with van der Waals surface area (Å²) in [4.78, 5) is 40.0. The maximum absolute atomic E-state index is 12.0. The van der Waals surface area contributed by atoms with Gasteiger partial charge in [-0.2, -0.15) is 11.8 Å². The van der Waals surface area contributed by atoms with E-state index in [0.29, 0.717) is 11.7 Å². The van der Waals surface area contributed by atoms with Crippen molar-refractivity contribution in [2.75, 3.05) is 32.6 Å².